The van der Waals surface area contributed by atoms with Gasteiger partial charge in [-0.3, -0.25) is 9.97 Å². The molecular formula is C16H16N4. The molecule has 1 aromatic carbocycles. The predicted molar refractivity (Wildman–Crippen MR) is 82.5 cm³/mol. The van der Waals surface area contributed by atoms with Crippen molar-refractivity contribution in [3.63, 3.8) is 0 Å². The van der Waals surface area contributed by atoms with Crippen LogP contribution in [-0.2, 0) is 6.54 Å². The number of benzene rings is 1. The van der Waals surface area contributed by atoms with Gasteiger partial charge >= 0.3 is 0 Å². The number of anilines is 2. The fourth-order valence-corrected chi connectivity index (χ4v) is 2.41. The largest absolute Gasteiger partial charge is 0.396 e. The molecule has 2 N–H and O–H groups in total. The lowest BCUT2D eigenvalue weighted by atomic mass is 10.1. The zero-order valence-electron chi connectivity index (χ0n) is 11.3. The van der Waals surface area contributed by atoms with Crippen LogP contribution in [-0.4, -0.2) is 17.0 Å². The average molecular weight is 264 g/mol. The van der Waals surface area contributed by atoms with Crippen molar-refractivity contribution in [3.8, 4) is 0 Å². The number of nitrogens with two attached hydrogens (primary N) is 1. The van der Waals surface area contributed by atoms with Crippen LogP contribution in [0.4, 0.5) is 11.4 Å². The summed E-state index contributed by atoms with van der Waals surface area (Å²) in [5, 5.41) is 1.07. The fraction of sp³-hybridized carbons (Fsp3) is 0.125. The first-order valence-corrected chi connectivity index (χ1v) is 6.49. The molecule has 0 aliphatic carbocycles. The third-order valence-electron chi connectivity index (χ3n) is 3.33. The predicted octanol–water partition coefficient (Wildman–Crippen LogP) is 2.85. The van der Waals surface area contributed by atoms with Crippen molar-refractivity contribution < 1.29 is 0 Å². The highest BCUT2D eigenvalue weighted by Crippen LogP contribution is 2.31. The number of para-hydroxylation sites is 1. The van der Waals surface area contributed by atoms with Gasteiger partial charge < -0.3 is 10.6 Å². The van der Waals surface area contributed by atoms with Gasteiger partial charge in [0.25, 0.3) is 0 Å². The van der Waals surface area contributed by atoms with Crippen LogP contribution >= 0.6 is 0 Å². The molecule has 0 bridgehead atoms. The molecule has 3 aromatic rings. The average Bonchev–Trinajstić information content (AvgIpc) is 2.48. The minimum Gasteiger partial charge on any atom is -0.396 e. The fourth-order valence-electron chi connectivity index (χ4n) is 2.41. The van der Waals surface area contributed by atoms with Crippen molar-refractivity contribution in [2.45, 2.75) is 6.54 Å². The maximum Gasteiger partial charge on any atom is 0.0745 e. The molecule has 0 amide bonds. The molecule has 2 aromatic heterocycles. The van der Waals surface area contributed by atoms with Crippen molar-refractivity contribution in [2.24, 2.45) is 0 Å². The molecule has 4 heteroatoms. The second-order valence-electron chi connectivity index (χ2n) is 4.79. The van der Waals surface area contributed by atoms with Gasteiger partial charge in [-0.15, -0.1) is 0 Å². The maximum absolute atomic E-state index is 6.12. The zero-order chi connectivity index (χ0) is 13.9. The summed E-state index contributed by atoms with van der Waals surface area (Å²) in [5.41, 5.74) is 9.99. The van der Waals surface area contributed by atoms with Gasteiger partial charge in [-0.1, -0.05) is 18.2 Å². The summed E-state index contributed by atoms with van der Waals surface area (Å²) < 4.78 is 0. The quantitative estimate of drug-likeness (QED) is 0.790. The van der Waals surface area contributed by atoms with Gasteiger partial charge in [-0.05, 0) is 23.8 Å². The van der Waals surface area contributed by atoms with E-state index in [1.807, 2.05) is 37.4 Å². The first-order chi connectivity index (χ1) is 9.75. The third kappa shape index (κ3) is 2.28. The number of rotatable bonds is 3. The highest BCUT2D eigenvalue weighted by molar-refractivity contribution is 5.97. The first-order valence-electron chi connectivity index (χ1n) is 6.49. The van der Waals surface area contributed by atoms with E-state index in [2.05, 4.69) is 20.9 Å². The minimum absolute atomic E-state index is 0.695. The van der Waals surface area contributed by atoms with Crippen molar-refractivity contribution >= 4 is 22.3 Å². The van der Waals surface area contributed by atoms with Crippen LogP contribution in [0.15, 0.2) is 55.0 Å². The summed E-state index contributed by atoms with van der Waals surface area (Å²) in [6.07, 6.45) is 5.33. The van der Waals surface area contributed by atoms with Gasteiger partial charge in [0.2, 0.25) is 0 Å². The van der Waals surface area contributed by atoms with E-state index in [1.54, 1.807) is 18.6 Å². The van der Waals surface area contributed by atoms with Crippen LogP contribution in [0.3, 0.4) is 0 Å². The molecule has 0 spiro atoms. The molecular weight excluding hydrogens is 248 g/mol. The second-order valence-corrected chi connectivity index (χ2v) is 4.79. The van der Waals surface area contributed by atoms with Crippen LogP contribution in [0.25, 0.3) is 10.9 Å². The first kappa shape index (κ1) is 12.4. The van der Waals surface area contributed by atoms with Gasteiger partial charge in [0.05, 0.1) is 23.1 Å². The molecule has 2 heterocycles. The molecule has 0 saturated heterocycles. The summed E-state index contributed by atoms with van der Waals surface area (Å²) in [6.45, 7) is 0.778. The third-order valence-corrected chi connectivity index (χ3v) is 3.33. The lowest BCUT2D eigenvalue weighted by Crippen LogP contribution is -2.18. The number of aromatic nitrogens is 2. The van der Waals surface area contributed by atoms with E-state index >= 15 is 0 Å². The van der Waals surface area contributed by atoms with E-state index in [1.165, 1.54) is 5.56 Å². The Balaban J connectivity index is 2.03. The molecule has 0 unspecified atom stereocenters. The SMILES string of the molecule is CN(Cc1ccncc1)c1c(N)cnc2ccccc12. The topological polar surface area (TPSA) is 55.0 Å². The van der Waals surface area contributed by atoms with E-state index < -0.39 is 0 Å². The van der Waals surface area contributed by atoms with Crippen LogP contribution in [0, 0.1) is 0 Å². The normalized spacial score (nSPS) is 10.7. The van der Waals surface area contributed by atoms with Crippen molar-refractivity contribution in [2.75, 3.05) is 17.7 Å². The highest BCUT2D eigenvalue weighted by atomic mass is 15.1. The number of fused-ring (bicyclic) bond motifs is 1. The van der Waals surface area contributed by atoms with Gasteiger partial charge in [0, 0.05) is 31.4 Å². The lowest BCUT2D eigenvalue weighted by Gasteiger charge is -2.22. The Morgan fingerprint density at radius 3 is 2.65 bits per heavy atom. The van der Waals surface area contributed by atoms with E-state index in [4.69, 9.17) is 5.73 Å². The van der Waals surface area contributed by atoms with Crippen molar-refractivity contribution in [3.05, 3.63) is 60.6 Å². The standard InChI is InChI=1S/C16H16N4/c1-20(11-12-6-8-18-9-7-12)16-13-4-2-3-5-15(13)19-10-14(16)17/h2-10H,11,17H2,1H3. The Hall–Kier alpha value is -2.62. The Morgan fingerprint density at radius 1 is 1.10 bits per heavy atom. The Morgan fingerprint density at radius 2 is 1.85 bits per heavy atom. The van der Waals surface area contributed by atoms with E-state index in [-0.39, 0.29) is 0 Å². The second kappa shape index (κ2) is 5.17. The molecule has 100 valence electrons. The Bertz CT molecular complexity index is 725. The van der Waals surface area contributed by atoms with Crippen LogP contribution in [0.1, 0.15) is 5.56 Å². The number of hydrogen-bond donors (Lipinski definition) is 1. The number of nitrogens with zero attached hydrogens (tertiary/aromatic N) is 3. The van der Waals surface area contributed by atoms with Gasteiger partial charge in [-0.2, -0.15) is 0 Å². The van der Waals surface area contributed by atoms with E-state index in [9.17, 15) is 0 Å². The molecule has 0 atom stereocenters. The van der Waals surface area contributed by atoms with E-state index in [0.717, 1.165) is 23.1 Å². The molecule has 0 aliphatic heterocycles. The molecule has 0 fully saturated rings. The van der Waals surface area contributed by atoms with Crippen LogP contribution in [0.5, 0.6) is 0 Å². The summed E-state index contributed by atoms with van der Waals surface area (Å²) in [6, 6.07) is 12.1. The van der Waals surface area contributed by atoms with Crippen molar-refractivity contribution in [1.82, 2.24) is 9.97 Å². The molecule has 3 rings (SSSR count). The Labute approximate surface area is 117 Å². The summed E-state index contributed by atoms with van der Waals surface area (Å²) in [4.78, 5) is 10.6. The minimum atomic E-state index is 0.695. The maximum atomic E-state index is 6.12. The number of hydrogen-bond acceptors (Lipinski definition) is 4. The zero-order valence-corrected chi connectivity index (χ0v) is 11.3. The molecule has 4 nitrogen and oxygen atoms in total. The van der Waals surface area contributed by atoms with Gasteiger partial charge in [0.1, 0.15) is 0 Å². The van der Waals surface area contributed by atoms with Gasteiger partial charge in [0.15, 0.2) is 0 Å². The van der Waals surface area contributed by atoms with Crippen LogP contribution < -0.4 is 10.6 Å². The molecule has 0 radical (unpaired) electrons. The van der Waals surface area contributed by atoms with Crippen molar-refractivity contribution in [1.29, 1.82) is 0 Å². The van der Waals surface area contributed by atoms with Gasteiger partial charge in [-0.25, -0.2) is 0 Å². The molecule has 0 aliphatic rings. The molecule has 0 saturated carbocycles. The number of pyridine rings is 2. The monoisotopic (exact) mass is 264 g/mol. The highest BCUT2D eigenvalue weighted by Gasteiger charge is 2.11. The summed E-state index contributed by atoms with van der Waals surface area (Å²) >= 11 is 0. The van der Waals surface area contributed by atoms with E-state index in [0.29, 0.717) is 5.69 Å². The number of nitrogen functional groups attached to an aromatic ring is 1. The summed E-state index contributed by atoms with van der Waals surface area (Å²) in [7, 11) is 2.04. The van der Waals surface area contributed by atoms with Crippen LogP contribution in [0.2, 0.25) is 0 Å². The molecule has 20 heavy (non-hydrogen) atoms. The lowest BCUT2D eigenvalue weighted by molar-refractivity contribution is 0.925. The smallest absolute Gasteiger partial charge is 0.0745 e. The Kier molecular flexibility index (Phi) is 3.21. The summed E-state index contributed by atoms with van der Waals surface area (Å²) in [5.74, 6) is 0.